The van der Waals surface area contributed by atoms with Crippen LogP contribution in [0.1, 0.15) is 115 Å². The van der Waals surface area contributed by atoms with E-state index in [2.05, 4.69) is 46.8 Å². The zero-order valence-corrected chi connectivity index (χ0v) is 26.5. The van der Waals surface area contributed by atoms with Crippen LogP contribution in [0.25, 0.3) is 0 Å². The number of hydrogen-bond acceptors (Lipinski definition) is 4. The van der Waals surface area contributed by atoms with Crippen LogP contribution in [-0.4, -0.2) is 28.6 Å². The lowest BCUT2D eigenvalue weighted by atomic mass is 9.35. The summed E-state index contributed by atoms with van der Waals surface area (Å²) in [6, 6.07) is 0. The molecule has 218 valence electrons. The molecule has 0 amide bonds. The number of allylic oxidation sites excluding steroid dienone is 8. The zero-order chi connectivity index (χ0) is 29.9. The Morgan fingerprint density at radius 2 is 1.38 bits per heavy atom. The van der Waals surface area contributed by atoms with E-state index >= 15 is 4.79 Å². The number of aliphatic hydroxyl groups excluding tert-OH is 1. The molecule has 1 N–H and O–H groups in total. The average Bonchev–Trinajstić information content (AvgIpc) is 2.81. The normalized spacial score (nSPS) is 32.0. The van der Waals surface area contributed by atoms with Crippen molar-refractivity contribution in [3.8, 4) is 0 Å². The Kier molecular flexibility index (Phi) is 10.7. The highest BCUT2D eigenvalue weighted by molar-refractivity contribution is 6.22. The molecule has 4 nitrogen and oxygen atoms in total. The molecule has 4 heteroatoms. The van der Waals surface area contributed by atoms with E-state index in [1.807, 2.05) is 53.7 Å². The van der Waals surface area contributed by atoms with Gasteiger partial charge in [-0.05, 0) is 105 Å². The monoisotopic (exact) mass is 538 g/mol. The van der Waals surface area contributed by atoms with E-state index in [4.69, 9.17) is 0 Å². The topological polar surface area (TPSA) is 71.4 Å². The second-order valence-corrected chi connectivity index (χ2v) is 13.8. The smallest absolute Gasteiger partial charge is 0.163 e. The molecular formula is C35H54O4. The molecule has 2 fully saturated rings. The van der Waals surface area contributed by atoms with Gasteiger partial charge in [0, 0.05) is 11.8 Å². The fourth-order valence-corrected chi connectivity index (χ4v) is 7.21. The fraction of sp³-hybridized carbons (Fsp3) is 0.686. The van der Waals surface area contributed by atoms with Crippen LogP contribution in [0.3, 0.4) is 0 Å². The summed E-state index contributed by atoms with van der Waals surface area (Å²) in [5.74, 6) is -2.07. The highest BCUT2D eigenvalue weighted by atomic mass is 16.3. The Morgan fingerprint density at radius 3 is 1.87 bits per heavy atom. The van der Waals surface area contributed by atoms with Gasteiger partial charge in [-0.2, -0.15) is 0 Å². The highest BCUT2D eigenvalue weighted by Gasteiger charge is 2.77. The second-order valence-electron chi connectivity index (χ2n) is 13.8. The van der Waals surface area contributed by atoms with Gasteiger partial charge < -0.3 is 5.11 Å². The number of carbonyl (C=O) groups excluding carboxylic acids is 3. The van der Waals surface area contributed by atoms with Crippen molar-refractivity contribution in [3.05, 3.63) is 46.6 Å². The first-order chi connectivity index (χ1) is 18.0. The summed E-state index contributed by atoms with van der Waals surface area (Å²) >= 11 is 0. The Bertz CT molecular complexity index is 1070. The molecule has 6 atom stereocenters. The Labute approximate surface area is 238 Å². The van der Waals surface area contributed by atoms with Crippen LogP contribution in [-0.2, 0) is 14.4 Å². The maximum Gasteiger partial charge on any atom is 0.163 e. The number of fused-ring (bicyclic) bond motifs is 2. The van der Waals surface area contributed by atoms with Crippen LogP contribution in [0.15, 0.2) is 46.6 Å². The van der Waals surface area contributed by atoms with E-state index in [9.17, 15) is 14.7 Å². The first kappa shape index (κ1) is 33.1. The average molecular weight is 539 g/mol. The number of Topliss-reactive ketones (excluding diaryl/α,β-unsaturated/α-hetero) is 3. The standard InChI is InChI=1S/C35H54O4/c1-22(2)13-12-19-33(11)27(16-14-23(3)4)21-34(20-18-25(7)8)30(37)28(17-15-24(5)6)31(38)35(33,32(34)39)29(36)26(9)10/h13-15,18,26-28,31,38H,12,16-17,19-21H2,1-11H3/t27-,28+,31+,33+,34-,35-/m0/s1. The molecule has 2 aliphatic carbocycles. The summed E-state index contributed by atoms with van der Waals surface area (Å²) < 4.78 is 0. The van der Waals surface area contributed by atoms with Gasteiger partial charge in [0.15, 0.2) is 17.3 Å². The first-order valence-corrected chi connectivity index (χ1v) is 14.8. The van der Waals surface area contributed by atoms with Gasteiger partial charge in [0.2, 0.25) is 0 Å². The van der Waals surface area contributed by atoms with Gasteiger partial charge in [0.1, 0.15) is 5.41 Å². The minimum Gasteiger partial charge on any atom is -0.391 e. The maximum absolute atomic E-state index is 15.0. The van der Waals surface area contributed by atoms with Crippen LogP contribution < -0.4 is 0 Å². The van der Waals surface area contributed by atoms with Gasteiger partial charge in [-0.25, -0.2) is 0 Å². The third kappa shape index (κ3) is 6.01. The largest absolute Gasteiger partial charge is 0.391 e. The van der Waals surface area contributed by atoms with Gasteiger partial charge in [0.05, 0.1) is 11.5 Å². The molecule has 0 spiro atoms. The van der Waals surface area contributed by atoms with Crippen LogP contribution >= 0.6 is 0 Å². The summed E-state index contributed by atoms with van der Waals surface area (Å²) in [7, 11) is 0. The minimum absolute atomic E-state index is 0.105. The summed E-state index contributed by atoms with van der Waals surface area (Å²) in [6.07, 6.45) is 9.96. The van der Waals surface area contributed by atoms with Crippen molar-refractivity contribution >= 4 is 17.3 Å². The van der Waals surface area contributed by atoms with E-state index in [0.717, 1.165) is 11.1 Å². The lowest BCUT2D eigenvalue weighted by molar-refractivity contribution is -0.209. The van der Waals surface area contributed by atoms with Crippen molar-refractivity contribution < 1.29 is 19.5 Å². The molecule has 2 bridgehead atoms. The molecule has 0 aromatic heterocycles. The zero-order valence-electron chi connectivity index (χ0n) is 26.5. The SMILES string of the molecule is CC(C)=CCC[C@]1(C)[C@@H](CC=C(C)C)C[C@@]2(CC=C(C)C)C(=O)[C@@H](CC=C(C)C)[C@@H](O)[C@@]1(C(=O)C(C)C)C2=O. The number of ketones is 3. The van der Waals surface area contributed by atoms with Crippen LogP contribution in [0, 0.1) is 34.0 Å². The second kappa shape index (κ2) is 12.6. The number of hydrogen-bond donors (Lipinski definition) is 1. The van der Waals surface area contributed by atoms with E-state index in [-0.39, 0.29) is 29.7 Å². The van der Waals surface area contributed by atoms with E-state index in [1.165, 1.54) is 11.1 Å². The highest BCUT2D eigenvalue weighted by Crippen LogP contribution is 2.68. The molecule has 2 saturated carbocycles. The summed E-state index contributed by atoms with van der Waals surface area (Å²) in [5.41, 5.74) is 0.684. The van der Waals surface area contributed by atoms with Crippen molar-refractivity contribution in [2.45, 2.75) is 121 Å². The van der Waals surface area contributed by atoms with Gasteiger partial charge in [-0.3, -0.25) is 14.4 Å². The van der Waals surface area contributed by atoms with Gasteiger partial charge in [0.25, 0.3) is 0 Å². The Hall–Kier alpha value is -2.07. The molecule has 0 heterocycles. The molecule has 39 heavy (non-hydrogen) atoms. The van der Waals surface area contributed by atoms with E-state index in [1.54, 1.807) is 0 Å². The predicted octanol–water partition coefficient (Wildman–Crippen LogP) is 8.15. The first-order valence-electron chi connectivity index (χ1n) is 14.8. The molecule has 0 saturated heterocycles. The van der Waals surface area contributed by atoms with E-state index in [0.29, 0.717) is 32.1 Å². The molecule has 0 aromatic rings. The summed E-state index contributed by atoms with van der Waals surface area (Å²) in [4.78, 5) is 44.1. The third-order valence-electron chi connectivity index (χ3n) is 9.40. The van der Waals surface area contributed by atoms with Gasteiger partial charge in [-0.1, -0.05) is 67.4 Å². The maximum atomic E-state index is 15.0. The minimum atomic E-state index is -1.64. The van der Waals surface area contributed by atoms with Crippen LogP contribution in [0.4, 0.5) is 0 Å². The van der Waals surface area contributed by atoms with Crippen molar-refractivity contribution in [1.82, 2.24) is 0 Å². The number of carbonyl (C=O) groups is 3. The molecule has 2 aliphatic rings. The summed E-state index contributed by atoms with van der Waals surface area (Å²) in [6.45, 7) is 21.8. The lowest BCUT2D eigenvalue weighted by Crippen LogP contribution is -2.76. The number of aliphatic hydroxyl groups is 1. The van der Waals surface area contributed by atoms with Crippen molar-refractivity contribution in [2.75, 3.05) is 0 Å². The molecule has 0 aliphatic heterocycles. The van der Waals surface area contributed by atoms with Crippen molar-refractivity contribution in [1.29, 1.82) is 0 Å². The van der Waals surface area contributed by atoms with E-state index < -0.39 is 34.2 Å². The van der Waals surface area contributed by atoms with Crippen LogP contribution in [0.5, 0.6) is 0 Å². The Morgan fingerprint density at radius 1 is 0.872 bits per heavy atom. The molecule has 0 unspecified atom stereocenters. The molecular weight excluding hydrogens is 484 g/mol. The van der Waals surface area contributed by atoms with Gasteiger partial charge >= 0.3 is 0 Å². The van der Waals surface area contributed by atoms with Crippen molar-refractivity contribution in [3.63, 3.8) is 0 Å². The van der Waals surface area contributed by atoms with Crippen LogP contribution in [0.2, 0.25) is 0 Å². The fourth-order valence-electron chi connectivity index (χ4n) is 7.21. The molecule has 0 aromatic carbocycles. The third-order valence-corrected chi connectivity index (χ3v) is 9.40. The van der Waals surface area contributed by atoms with Crippen molar-refractivity contribution in [2.24, 2.45) is 34.0 Å². The molecule has 0 radical (unpaired) electrons. The summed E-state index contributed by atoms with van der Waals surface area (Å²) in [5, 5.41) is 12.3. The number of rotatable bonds is 11. The van der Waals surface area contributed by atoms with Gasteiger partial charge in [-0.15, -0.1) is 0 Å². The molecule has 2 rings (SSSR count). The predicted molar refractivity (Wildman–Crippen MR) is 161 cm³/mol. The lowest BCUT2D eigenvalue weighted by Gasteiger charge is -2.65. The quantitative estimate of drug-likeness (QED) is 0.213. The Balaban J connectivity index is 3.02.